The van der Waals surface area contributed by atoms with Gasteiger partial charge in [-0.15, -0.1) is 0 Å². The Balaban J connectivity index is 2.19. The van der Waals surface area contributed by atoms with Gasteiger partial charge in [0.2, 0.25) is 0 Å². The van der Waals surface area contributed by atoms with Crippen molar-refractivity contribution in [2.75, 3.05) is 5.32 Å². The Bertz CT molecular complexity index is 1030. The lowest BCUT2D eigenvalue weighted by molar-refractivity contribution is 0.576. The van der Waals surface area contributed by atoms with Crippen LogP contribution in [0.15, 0.2) is 24.4 Å². The van der Waals surface area contributed by atoms with E-state index in [0.717, 1.165) is 44.8 Å². The van der Waals surface area contributed by atoms with E-state index in [1.807, 2.05) is 39.0 Å². The number of nitrogens with one attached hydrogen (secondary N) is 2. The Kier molecular flexibility index (Phi) is 4.28. The molecule has 2 N–H and O–H groups in total. The monoisotopic (exact) mass is 358 g/mol. The molecule has 132 valence electrons. The Labute approximate surface area is 148 Å². The van der Waals surface area contributed by atoms with Gasteiger partial charge in [-0.1, -0.05) is 0 Å². The van der Waals surface area contributed by atoms with Crippen LogP contribution in [0.2, 0.25) is 0 Å². The molecule has 0 saturated heterocycles. The summed E-state index contributed by atoms with van der Waals surface area (Å²) in [6, 6.07) is 5.72. The first-order chi connectivity index (χ1) is 11.7. The van der Waals surface area contributed by atoms with E-state index in [4.69, 9.17) is 0 Å². The SMILES string of the molecule is Cc1cc2nccc(Nc3n[nH]c(C)c3C)c2cc1C(C)(C)[SH](=O)=O. The van der Waals surface area contributed by atoms with Gasteiger partial charge >= 0.3 is 0 Å². The van der Waals surface area contributed by atoms with Crippen LogP contribution in [-0.2, 0) is 15.5 Å². The zero-order valence-electron chi connectivity index (χ0n) is 15.0. The molecule has 6 nitrogen and oxygen atoms in total. The van der Waals surface area contributed by atoms with E-state index in [1.54, 1.807) is 20.0 Å². The predicted molar refractivity (Wildman–Crippen MR) is 101 cm³/mol. The molecule has 3 aromatic rings. The second kappa shape index (κ2) is 6.15. The zero-order valence-corrected chi connectivity index (χ0v) is 15.9. The van der Waals surface area contributed by atoms with Gasteiger partial charge in [-0.05, 0) is 63.9 Å². The first-order valence-electron chi connectivity index (χ1n) is 8.04. The molecule has 0 aliphatic carbocycles. The van der Waals surface area contributed by atoms with Gasteiger partial charge in [-0.25, -0.2) is 8.42 Å². The molecule has 0 radical (unpaired) electrons. The van der Waals surface area contributed by atoms with Gasteiger partial charge in [0, 0.05) is 22.8 Å². The third-order valence-corrected chi connectivity index (χ3v) is 5.86. The largest absolute Gasteiger partial charge is 0.338 e. The molecular weight excluding hydrogens is 336 g/mol. The molecule has 0 atom stereocenters. The predicted octanol–water partition coefficient (Wildman–Crippen LogP) is 3.47. The summed E-state index contributed by atoms with van der Waals surface area (Å²) >= 11 is 0. The lowest BCUT2D eigenvalue weighted by Crippen LogP contribution is -2.20. The van der Waals surface area contributed by atoms with Crippen molar-refractivity contribution in [1.82, 2.24) is 15.2 Å². The van der Waals surface area contributed by atoms with E-state index in [9.17, 15) is 8.42 Å². The van der Waals surface area contributed by atoms with Crippen LogP contribution in [0.1, 0.15) is 36.2 Å². The summed E-state index contributed by atoms with van der Waals surface area (Å²) in [6.07, 6.45) is 1.73. The molecule has 0 saturated carbocycles. The fraction of sp³-hybridized carbons (Fsp3) is 0.333. The molecule has 0 unspecified atom stereocenters. The molecule has 0 bridgehead atoms. The Morgan fingerprint density at radius 2 is 1.88 bits per heavy atom. The summed E-state index contributed by atoms with van der Waals surface area (Å²) in [5.74, 6) is 0.751. The van der Waals surface area contributed by atoms with Crippen LogP contribution in [0.25, 0.3) is 10.9 Å². The highest BCUT2D eigenvalue weighted by Crippen LogP contribution is 2.34. The number of aromatic amines is 1. The molecule has 2 aromatic heterocycles. The molecule has 2 heterocycles. The van der Waals surface area contributed by atoms with Gasteiger partial charge in [0.05, 0.1) is 16.0 Å². The van der Waals surface area contributed by atoms with Gasteiger partial charge in [-0.2, -0.15) is 5.10 Å². The zero-order chi connectivity index (χ0) is 18.4. The number of fused-ring (bicyclic) bond motifs is 1. The van der Waals surface area contributed by atoms with Crippen molar-refractivity contribution in [3.05, 3.63) is 46.8 Å². The molecule has 0 aliphatic rings. The van der Waals surface area contributed by atoms with E-state index in [2.05, 4.69) is 20.5 Å². The maximum Gasteiger partial charge on any atom is 0.155 e. The number of hydrogen-bond acceptors (Lipinski definition) is 5. The van der Waals surface area contributed by atoms with E-state index in [-0.39, 0.29) is 0 Å². The van der Waals surface area contributed by atoms with Crippen LogP contribution < -0.4 is 5.32 Å². The minimum absolute atomic E-state index is 0.751. The Hall–Kier alpha value is -2.41. The second-order valence-electron chi connectivity index (χ2n) is 6.81. The van der Waals surface area contributed by atoms with Crippen molar-refractivity contribution in [3.63, 3.8) is 0 Å². The summed E-state index contributed by atoms with van der Waals surface area (Å²) < 4.78 is 22.5. The maximum absolute atomic E-state index is 11.7. The van der Waals surface area contributed by atoms with Crippen LogP contribution in [-0.4, -0.2) is 23.6 Å². The summed E-state index contributed by atoms with van der Waals surface area (Å²) in [7, 11) is -2.61. The summed E-state index contributed by atoms with van der Waals surface area (Å²) in [4.78, 5) is 4.42. The average molecular weight is 358 g/mol. The lowest BCUT2D eigenvalue weighted by atomic mass is 9.94. The number of hydrogen-bond donors (Lipinski definition) is 3. The van der Waals surface area contributed by atoms with Crippen LogP contribution in [0, 0.1) is 20.8 Å². The molecule has 7 heteroatoms. The molecule has 3 rings (SSSR count). The van der Waals surface area contributed by atoms with Crippen molar-refractivity contribution in [2.45, 2.75) is 39.4 Å². The van der Waals surface area contributed by atoms with E-state index in [1.165, 1.54) is 0 Å². The Morgan fingerprint density at radius 3 is 2.48 bits per heavy atom. The number of pyridine rings is 1. The summed E-state index contributed by atoms with van der Waals surface area (Å²) in [5.41, 5.74) is 5.39. The minimum atomic E-state index is -2.61. The van der Waals surface area contributed by atoms with Crippen LogP contribution >= 0.6 is 0 Å². The van der Waals surface area contributed by atoms with Gasteiger partial charge in [-0.3, -0.25) is 10.1 Å². The molecule has 0 aliphatic heterocycles. The van der Waals surface area contributed by atoms with Crippen molar-refractivity contribution >= 4 is 33.1 Å². The number of benzene rings is 1. The number of nitrogens with zero attached hydrogens (tertiary/aromatic N) is 2. The van der Waals surface area contributed by atoms with E-state index < -0.39 is 15.5 Å². The molecular formula is C18H22N4O2S. The third-order valence-electron chi connectivity index (χ3n) is 4.71. The van der Waals surface area contributed by atoms with Crippen molar-refractivity contribution in [1.29, 1.82) is 0 Å². The van der Waals surface area contributed by atoms with E-state index >= 15 is 0 Å². The molecule has 0 amide bonds. The van der Waals surface area contributed by atoms with Crippen molar-refractivity contribution in [3.8, 4) is 0 Å². The molecule has 0 spiro atoms. The fourth-order valence-electron chi connectivity index (χ4n) is 2.90. The minimum Gasteiger partial charge on any atom is -0.338 e. The van der Waals surface area contributed by atoms with Crippen LogP contribution in [0.4, 0.5) is 11.5 Å². The number of thiol groups is 1. The quantitative estimate of drug-likeness (QED) is 0.622. The average Bonchev–Trinajstić information content (AvgIpc) is 2.86. The van der Waals surface area contributed by atoms with Gasteiger partial charge in [0.1, 0.15) is 10.7 Å². The van der Waals surface area contributed by atoms with Crippen LogP contribution in [0.3, 0.4) is 0 Å². The highest BCUT2D eigenvalue weighted by atomic mass is 32.2. The first-order valence-corrected chi connectivity index (χ1v) is 9.22. The number of aromatic nitrogens is 3. The van der Waals surface area contributed by atoms with E-state index in [0.29, 0.717) is 0 Å². The van der Waals surface area contributed by atoms with Gasteiger partial charge in [0.15, 0.2) is 5.82 Å². The standard InChI is InChI=1S/C18H22N4O2S/c1-10-8-16-13(9-14(10)18(4,5)25(23)24)15(6-7-19-16)20-17-11(2)12(3)21-22-17/h6-9,25H,1-5H3,(H2,19,20,21,22). The third kappa shape index (κ3) is 3.00. The van der Waals surface area contributed by atoms with Gasteiger partial charge in [0.25, 0.3) is 0 Å². The number of anilines is 2. The Morgan fingerprint density at radius 1 is 1.16 bits per heavy atom. The molecule has 25 heavy (non-hydrogen) atoms. The summed E-state index contributed by atoms with van der Waals surface area (Å²) in [5, 5.41) is 11.4. The van der Waals surface area contributed by atoms with Gasteiger partial charge < -0.3 is 5.32 Å². The number of H-pyrrole nitrogens is 1. The maximum atomic E-state index is 11.7. The highest BCUT2D eigenvalue weighted by Gasteiger charge is 2.27. The number of aryl methyl sites for hydroxylation is 2. The van der Waals surface area contributed by atoms with Crippen molar-refractivity contribution < 1.29 is 8.42 Å². The highest BCUT2D eigenvalue weighted by molar-refractivity contribution is 7.73. The normalized spacial score (nSPS) is 12.1. The molecule has 0 fully saturated rings. The number of rotatable bonds is 4. The lowest BCUT2D eigenvalue weighted by Gasteiger charge is -2.21. The van der Waals surface area contributed by atoms with Crippen molar-refractivity contribution in [2.24, 2.45) is 0 Å². The molecule has 1 aromatic carbocycles. The second-order valence-corrected chi connectivity index (χ2v) is 8.44. The fourth-order valence-corrected chi connectivity index (χ4v) is 3.34. The smallest absolute Gasteiger partial charge is 0.155 e. The first kappa shape index (κ1) is 17.4. The van der Waals surface area contributed by atoms with Crippen LogP contribution in [0.5, 0.6) is 0 Å². The topological polar surface area (TPSA) is 87.7 Å². The summed E-state index contributed by atoms with van der Waals surface area (Å²) in [6.45, 7) is 9.31.